The van der Waals surface area contributed by atoms with E-state index < -0.39 is 10.0 Å². The van der Waals surface area contributed by atoms with Crippen molar-refractivity contribution in [3.63, 3.8) is 0 Å². The molecule has 0 atom stereocenters. The monoisotopic (exact) mass is 313 g/mol. The van der Waals surface area contributed by atoms with Crippen molar-refractivity contribution in [2.75, 3.05) is 25.0 Å². The van der Waals surface area contributed by atoms with Gasteiger partial charge in [-0.15, -0.1) is 0 Å². The predicted molar refractivity (Wildman–Crippen MR) is 81.6 cm³/mol. The average Bonchev–Trinajstić information content (AvgIpc) is 2.42. The fourth-order valence-corrected chi connectivity index (χ4v) is 4.29. The smallest absolute Gasteiger partial charge is 0.246 e. The second-order valence-electron chi connectivity index (χ2n) is 5.18. The normalized spacial score (nSPS) is 16.0. The van der Waals surface area contributed by atoms with E-state index in [1.807, 2.05) is 6.92 Å². The summed E-state index contributed by atoms with van der Waals surface area (Å²) in [5, 5.41) is 12.1. The standard InChI is InChI=1S/C14H23N3O3S/c1-2-16-13-7-8-15-11-14(13)21(19,20)17(9-4-10-18)12-5-3-6-12/h7-8,11-12,18H,2-6,9-10H2,1H3,(H,15,16). The first-order valence-corrected chi connectivity index (χ1v) is 8.85. The van der Waals surface area contributed by atoms with E-state index in [1.165, 1.54) is 10.5 Å². The zero-order valence-corrected chi connectivity index (χ0v) is 13.1. The lowest BCUT2D eigenvalue weighted by atomic mass is 9.93. The molecule has 6 nitrogen and oxygen atoms in total. The topological polar surface area (TPSA) is 82.5 Å². The number of rotatable bonds is 8. The van der Waals surface area contributed by atoms with Gasteiger partial charge in [-0.1, -0.05) is 6.42 Å². The van der Waals surface area contributed by atoms with Crippen molar-refractivity contribution in [2.45, 2.75) is 43.5 Å². The summed E-state index contributed by atoms with van der Waals surface area (Å²) >= 11 is 0. The SMILES string of the molecule is CCNc1ccncc1S(=O)(=O)N(CCCO)C1CCC1. The molecule has 0 aliphatic heterocycles. The van der Waals surface area contributed by atoms with Crippen LogP contribution in [0.4, 0.5) is 5.69 Å². The number of pyridine rings is 1. The Morgan fingerprint density at radius 1 is 1.48 bits per heavy atom. The Balaban J connectivity index is 2.33. The summed E-state index contributed by atoms with van der Waals surface area (Å²) in [5.74, 6) is 0. The van der Waals surface area contributed by atoms with Gasteiger partial charge in [0.1, 0.15) is 4.90 Å². The lowest BCUT2D eigenvalue weighted by Gasteiger charge is -2.36. The average molecular weight is 313 g/mol. The number of nitrogens with one attached hydrogen (secondary N) is 1. The number of anilines is 1. The molecule has 0 radical (unpaired) electrons. The molecule has 21 heavy (non-hydrogen) atoms. The number of aliphatic hydroxyl groups excluding tert-OH is 1. The van der Waals surface area contributed by atoms with Crippen LogP contribution in [0.1, 0.15) is 32.6 Å². The van der Waals surface area contributed by atoms with E-state index in [1.54, 1.807) is 12.3 Å². The van der Waals surface area contributed by atoms with Crippen molar-refractivity contribution in [3.05, 3.63) is 18.5 Å². The molecule has 0 bridgehead atoms. The quantitative estimate of drug-likeness (QED) is 0.759. The summed E-state index contributed by atoms with van der Waals surface area (Å²) in [7, 11) is -3.59. The van der Waals surface area contributed by atoms with Crippen molar-refractivity contribution < 1.29 is 13.5 Å². The maximum Gasteiger partial charge on any atom is 0.246 e. The number of nitrogens with zero attached hydrogens (tertiary/aromatic N) is 2. The Hall–Kier alpha value is -1.18. The first-order chi connectivity index (χ1) is 10.1. The van der Waals surface area contributed by atoms with Crippen molar-refractivity contribution in [3.8, 4) is 0 Å². The lowest BCUT2D eigenvalue weighted by Crippen LogP contribution is -2.45. The van der Waals surface area contributed by atoms with Crippen LogP contribution in [0.3, 0.4) is 0 Å². The Morgan fingerprint density at radius 3 is 2.81 bits per heavy atom. The molecule has 1 aromatic rings. The van der Waals surface area contributed by atoms with Crippen LogP contribution in [0, 0.1) is 0 Å². The van der Waals surface area contributed by atoms with Crippen molar-refractivity contribution in [1.29, 1.82) is 0 Å². The Morgan fingerprint density at radius 2 is 2.24 bits per heavy atom. The maximum absolute atomic E-state index is 12.9. The van der Waals surface area contributed by atoms with E-state index in [0.717, 1.165) is 19.3 Å². The maximum atomic E-state index is 12.9. The number of aliphatic hydroxyl groups is 1. The molecule has 1 fully saturated rings. The highest BCUT2D eigenvalue weighted by Crippen LogP contribution is 2.32. The van der Waals surface area contributed by atoms with Crippen molar-refractivity contribution in [1.82, 2.24) is 9.29 Å². The molecule has 0 unspecified atom stereocenters. The molecular weight excluding hydrogens is 290 g/mol. The minimum atomic E-state index is -3.59. The van der Waals surface area contributed by atoms with Crippen molar-refractivity contribution in [2.24, 2.45) is 0 Å². The van der Waals surface area contributed by atoms with Crippen molar-refractivity contribution >= 4 is 15.7 Å². The van der Waals surface area contributed by atoms with Gasteiger partial charge in [0.05, 0.1) is 5.69 Å². The highest BCUT2D eigenvalue weighted by atomic mass is 32.2. The zero-order chi connectivity index (χ0) is 15.3. The molecule has 0 saturated heterocycles. The van der Waals surface area contributed by atoms with Gasteiger partial charge >= 0.3 is 0 Å². The summed E-state index contributed by atoms with van der Waals surface area (Å²) in [6.45, 7) is 2.91. The van der Waals surface area contributed by atoms with Crippen LogP contribution in [0.25, 0.3) is 0 Å². The first-order valence-electron chi connectivity index (χ1n) is 7.41. The van der Waals surface area contributed by atoms with E-state index >= 15 is 0 Å². The molecule has 0 spiro atoms. The van der Waals surface area contributed by atoms with E-state index in [0.29, 0.717) is 25.2 Å². The number of hydrogen-bond acceptors (Lipinski definition) is 5. The zero-order valence-electron chi connectivity index (χ0n) is 12.3. The van der Waals surface area contributed by atoms with E-state index in [4.69, 9.17) is 5.11 Å². The van der Waals surface area contributed by atoms with Crippen LogP contribution in [-0.4, -0.2) is 48.6 Å². The summed E-state index contributed by atoms with van der Waals surface area (Å²) in [5.41, 5.74) is 0.584. The minimum Gasteiger partial charge on any atom is -0.396 e. The number of sulfonamides is 1. The highest BCUT2D eigenvalue weighted by molar-refractivity contribution is 7.89. The Kier molecular flexibility index (Phi) is 5.55. The number of aromatic nitrogens is 1. The summed E-state index contributed by atoms with van der Waals surface area (Å²) in [6.07, 6.45) is 6.27. The van der Waals surface area contributed by atoms with Crippen LogP contribution < -0.4 is 5.32 Å². The van der Waals surface area contributed by atoms with Gasteiger partial charge in [0, 0.05) is 38.1 Å². The Bertz CT molecular complexity index is 558. The van der Waals surface area contributed by atoms with Gasteiger partial charge in [0.25, 0.3) is 0 Å². The second-order valence-corrected chi connectivity index (χ2v) is 7.04. The fourth-order valence-electron chi connectivity index (χ4n) is 2.45. The molecule has 2 rings (SSSR count). The van der Waals surface area contributed by atoms with Gasteiger partial charge < -0.3 is 10.4 Å². The molecule has 1 saturated carbocycles. The van der Waals surface area contributed by atoms with E-state index in [9.17, 15) is 8.42 Å². The summed E-state index contributed by atoms with van der Waals surface area (Å²) in [4.78, 5) is 4.18. The lowest BCUT2D eigenvalue weighted by molar-refractivity contribution is 0.198. The second kappa shape index (κ2) is 7.20. The van der Waals surface area contributed by atoms with Gasteiger partial charge in [-0.2, -0.15) is 4.31 Å². The molecule has 1 heterocycles. The van der Waals surface area contributed by atoms with Crippen LogP contribution in [0.5, 0.6) is 0 Å². The summed E-state index contributed by atoms with van der Waals surface area (Å²) < 4.78 is 27.4. The Labute approximate surface area is 126 Å². The van der Waals surface area contributed by atoms with E-state index in [-0.39, 0.29) is 17.5 Å². The fraction of sp³-hybridized carbons (Fsp3) is 0.643. The molecule has 2 N–H and O–H groups in total. The molecule has 118 valence electrons. The highest BCUT2D eigenvalue weighted by Gasteiger charge is 2.35. The van der Waals surface area contributed by atoms with Gasteiger partial charge in [-0.05, 0) is 32.3 Å². The molecular formula is C14H23N3O3S. The predicted octanol–water partition coefficient (Wildman–Crippen LogP) is 1.44. The molecule has 7 heteroatoms. The molecule has 0 amide bonds. The largest absolute Gasteiger partial charge is 0.396 e. The van der Waals surface area contributed by atoms with Crippen LogP contribution in [0.2, 0.25) is 0 Å². The molecule has 1 aliphatic rings. The third-order valence-electron chi connectivity index (χ3n) is 3.76. The van der Waals surface area contributed by atoms with Gasteiger partial charge in [0.15, 0.2) is 0 Å². The van der Waals surface area contributed by atoms with Crippen LogP contribution >= 0.6 is 0 Å². The van der Waals surface area contributed by atoms with Gasteiger partial charge in [-0.25, -0.2) is 8.42 Å². The molecule has 1 aliphatic carbocycles. The third-order valence-corrected chi connectivity index (χ3v) is 5.74. The first kappa shape index (κ1) is 16.2. The van der Waals surface area contributed by atoms with Gasteiger partial charge in [-0.3, -0.25) is 4.98 Å². The summed E-state index contributed by atoms with van der Waals surface area (Å²) in [6, 6.07) is 1.73. The van der Waals surface area contributed by atoms with E-state index in [2.05, 4.69) is 10.3 Å². The van der Waals surface area contributed by atoms with Crippen LogP contribution in [-0.2, 0) is 10.0 Å². The van der Waals surface area contributed by atoms with Crippen LogP contribution in [0.15, 0.2) is 23.4 Å². The third kappa shape index (κ3) is 3.53. The minimum absolute atomic E-state index is 0.00809. The molecule has 0 aromatic carbocycles. The van der Waals surface area contributed by atoms with Gasteiger partial charge in [0.2, 0.25) is 10.0 Å². The number of hydrogen-bond donors (Lipinski definition) is 2. The molecule has 1 aromatic heterocycles.